The molecule has 2 aromatic rings. The Morgan fingerprint density at radius 2 is 2.11 bits per heavy atom. The number of aromatic nitrogens is 1. The van der Waals surface area contributed by atoms with Gasteiger partial charge in [0.2, 0.25) is 0 Å². The van der Waals surface area contributed by atoms with Crippen LogP contribution in [0, 0.1) is 0 Å². The lowest BCUT2D eigenvalue weighted by atomic mass is 10.1. The van der Waals surface area contributed by atoms with Crippen molar-refractivity contribution in [3.8, 4) is 11.5 Å². The maximum Gasteiger partial charge on any atom is 0.176 e. The van der Waals surface area contributed by atoms with Crippen molar-refractivity contribution in [2.24, 2.45) is 0 Å². The zero-order valence-electron chi connectivity index (χ0n) is 9.71. The number of thioether (sulfide) groups is 1. The average Bonchev–Trinajstić information content (AvgIpc) is 2.37. The fraction of sp³-hybridized carbons (Fsp3) is 0.0769. The third kappa shape index (κ3) is 3.48. The van der Waals surface area contributed by atoms with Crippen molar-refractivity contribution in [2.45, 2.75) is 5.03 Å². The standard InChI is InChI=1S/C13H10BrNO3S/c14-10-2-1-5-15-13(10)19-7-12(18)9-4-3-8(16)6-11(9)17/h1-6,16-17H,7H2. The minimum atomic E-state index is -0.222. The largest absolute Gasteiger partial charge is 0.508 e. The van der Waals surface area contributed by atoms with Crippen LogP contribution in [0.3, 0.4) is 0 Å². The quantitative estimate of drug-likeness (QED) is 0.661. The molecule has 19 heavy (non-hydrogen) atoms. The molecule has 0 saturated heterocycles. The molecule has 1 aromatic heterocycles. The van der Waals surface area contributed by atoms with Gasteiger partial charge in [0.1, 0.15) is 16.5 Å². The first-order chi connectivity index (χ1) is 9.08. The van der Waals surface area contributed by atoms with Crippen LogP contribution >= 0.6 is 27.7 Å². The summed E-state index contributed by atoms with van der Waals surface area (Å²) in [4.78, 5) is 16.1. The molecule has 0 amide bonds. The predicted molar refractivity (Wildman–Crippen MR) is 76.8 cm³/mol. The second-order valence-corrected chi connectivity index (χ2v) is 5.52. The highest BCUT2D eigenvalue weighted by molar-refractivity contribution is 9.10. The van der Waals surface area contributed by atoms with E-state index >= 15 is 0 Å². The molecule has 1 aromatic carbocycles. The molecule has 98 valence electrons. The van der Waals surface area contributed by atoms with Crippen LogP contribution in [-0.2, 0) is 0 Å². The monoisotopic (exact) mass is 339 g/mol. The molecule has 0 aliphatic carbocycles. The maximum absolute atomic E-state index is 12.0. The minimum Gasteiger partial charge on any atom is -0.508 e. The molecule has 0 fully saturated rings. The molecule has 1 heterocycles. The molecule has 0 bridgehead atoms. The van der Waals surface area contributed by atoms with Crippen molar-refractivity contribution in [1.82, 2.24) is 4.98 Å². The zero-order chi connectivity index (χ0) is 13.8. The summed E-state index contributed by atoms with van der Waals surface area (Å²) >= 11 is 4.63. The number of nitrogens with zero attached hydrogens (tertiary/aromatic N) is 1. The van der Waals surface area contributed by atoms with Crippen molar-refractivity contribution < 1.29 is 15.0 Å². The SMILES string of the molecule is O=C(CSc1ncccc1Br)c1ccc(O)cc1O. The second-order valence-electron chi connectivity index (χ2n) is 3.70. The van der Waals surface area contributed by atoms with Gasteiger partial charge < -0.3 is 10.2 Å². The Labute approximate surface area is 122 Å². The third-order valence-electron chi connectivity index (χ3n) is 2.35. The van der Waals surface area contributed by atoms with E-state index in [-0.39, 0.29) is 28.6 Å². The summed E-state index contributed by atoms with van der Waals surface area (Å²) in [6.45, 7) is 0. The minimum absolute atomic E-state index is 0.0748. The molecule has 0 saturated carbocycles. The number of hydrogen-bond donors (Lipinski definition) is 2. The van der Waals surface area contributed by atoms with E-state index in [4.69, 9.17) is 0 Å². The van der Waals surface area contributed by atoms with Gasteiger partial charge in [-0.2, -0.15) is 0 Å². The normalized spacial score (nSPS) is 10.4. The number of hydrogen-bond acceptors (Lipinski definition) is 5. The molecule has 0 atom stereocenters. The zero-order valence-corrected chi connectivity index (χ0v) is 12.1. The van der Waals surface area contributed by atoms with Gasteiger partial charge in [-0.05, 0) is 40.2 Å². The van der Waals surface area contributed by atoms with Crippen LogP contribution in [-0.4, -0.2) is 26.7 Å². The summed E-state index contributed by atoms with van der Waals surface area (Å²) < 4.78 is 0.822. The topological polar surface area (TPSA) is 70.4 Å². The lowest BCUT2D eigenvalue weighted by Crippen LogP contribution is -2.03. The Kier molecular flexibility index (Phi) is 4.44. The van der Waals surface area contributed by atoms with Crippen LogP contribution in [0.1, 0.15) is 10.4 Å². The first-order valence-electron chi connectivity index (χ1n) is 5.36. The highest BCUT2D eigenvalue weighted by atomic mass is 79.9. The number of rotatable bonds is 4. The van der Waals surface area contributed by atoms with Crippen LogP contribution < -0.4 is 0 Å². The van der Waals surface area contributed by atoms with Crippen LogP contribution in [0.4, 0.5) is 0 Å². The molecule has 2 rings (SSSR count). The maximum atomic E-state index is 12.0. The smallest absolute Gasteiger partial charge is 0.176 e. The second kappa shape index (κ2) is 6.08. The van der Waals surface area contributed by atoms with E-state index in [2.05, 4.69) is 20.9 Å². The summed E-state index contributed by atoms with van der Waals surface area (Å²) in [5, 5.41) is 19.5. The van der Waals surface area contributed by atoms with Crippen LogP contribution in [0.2, 0.25) is 0 Å². The van der Waals surface area contributed by atoms with Crippen LogP contribution in [0.5, 0.6) is 11.5 Å². The number of phenolic OH excluding ortho intramolecular Hbond substituents is 2. The summed E-state index contributed by atoms with van der Waals surface area (Å²) in [6, 6.07) is 7.56. The summed E-state index contributed by atoms with van der Waals surface area (Å²) in [6.07, 6.45) is 1.65. The number of phenols is 2. The van der Waals surface area contributed by atoms with Gasteiger partial charge in [-0.3, -0.25) is 4.79 Å². The van der Waals surface area contributed by atoms with Gasteiger partial charge in [-0.1, -0.05) is 11.8 Å². The van der Waals surface area contributed by atoms with E-state index in [1.54, 1.807) is 12.3 Å². The molecule has 0 radical (unpaired) electrons. The number of carbonyl (C=O) groups is 1. The Morgan fingerprint density at radius 3 is 2.79 bits per heavy atom. The van der Waals surface area contributed by atoms with Gasteiger partial charge in [0.05, 0.1) is 11.3 Å². The third-order valence-corrected chi connectivity index (χ3v) is 4.25. The van der Waals surface area contributed by atoms with Gasteiger partial charge in [0, 0.05) is 16.7 Å². The average molecular weight is 340 g/mol. The number of pyridine rings is 1. The number of halogens is 1. The fourth-order valence-electron chi connectivity index (χ4n) is 1.44. The molecule has 6 heteroatoms. The molecule has 4 nitrogen and oxygen atoms in total. The fourth-order valence-corrected chi connectivity index (χ4v) is 2.81. The van der Waals surface area contributed by atoms with E-state index in [1.807, 2.05) is 6.07 Å². The lowest BCUT2D eigenvalue weighted by molar-refractivity contribution is 0.102. The molecule has 0 unspecified atom stereocenters. The molecule has 2 N–H and O–H groups in total. The van der Waals surface area contributed by atoms with E-state index in [0.717, 1.165) is 10.5 Å². The highest BCUT2D eigenvalue weighted by Crippen LogP contribution is 2.28. The molecule has 0 aliphatic heterocycles. The van der Waals surface area contributed by atoms with E-state index in [0.29, 0.717) is 5.03 Å². The van der Waals surface area contributed by atoms with Crippen molar-refractivity contribution in [3.63, 3.8) is 0 Å². The molecule has 0 spiro atoms. The van der Waals surface area contributed by atoms with Crippen LogP contribution in [0.25, 0.3) is 0 Å². The molecular weight excluding hydrogens is 330 g/mol. The van der Waals surface area contributed by atoms with Gasteiger partial charge >= 0.3 is 0 Å². The number of aromatic hydroxyl groups is 2. The Morgan fingerprint density at radius 1 is 1.32 bits per heavy atom. The van der Waals surface area contributed by atoms with Gasteiger partial charge in [0.25, 0.3) is 0 Å². The number of benzene rings is 1. The number of ketones is 1. The van der Waals surface area contributed by atoms with Crippen LogP contribution in [0.15, 0.2) is 46.0 Å². The van der Waals surface area contributed by atoms with Crippen molar-refractivity contribution >= 4 is 33.5 Å². The van der Waals surface area contributed by atoms with Gasteiger partial charge in [-0.15, -0.1) is 0 Å². The lowest BCUT2D eigenvalue weighted by Gasteiger charge is -2.05. The van der Waals surface area contributed by atoms with Gasteiger partial charge in [0.15, 0.2) is 5.78 Å². The predicted octanol–water partition coefficient (Wildman–Crippen LogP) is 3.23. The van der Waals surface area contributed by atoms with Gasteiger partial charge in [-0.25, -0.2) is 4.98 Å². The summed E-state index contributed by atoms with van der Waals surface area (Å²) in [5.41, 5.74) is 0.192. The van der Waals surface area contributed by atoms with Crippen molar-refractivity contribution in [3.05, 3.63) is 46.6 Å². The summed E-state index contributed by atoms with van der Waals surface area (Å²) in [5.74, 6) is -0.353. The first kappa shape index (κ1) is 13.9. The first-order valence-corrected chi connectivity index (χ1v) is 7.14. The Hall–Kier alpha value is -1.53. The summed E-state index contributed by atoms with van der Waals surface area (Å²) in [7, 11) is 0. The Balaban J connectivity index is 2.08. The van der Waals surface area contributed by atoms with E-state index in [1.165, 1.54) is 23.9 Å². The molecular formula is C13H10BrNO3S. The van der Waals surface area contributed by atoms with Crippen molar-refractivity contribution in [2.75, 3.05) is 5.75 Å². The highest BCUT2D eigenvalue weighted by Gasteiger charge is 2.13. The van der Waals surface area contributed by atoms with Crippen molar-refractivity contribution in [1.29, 1.82) is 0 Å². The van der Waals surface area contributed by atoms with E-state index in [9.17, 15) is 15.0 Å². The number of carbonyl (C=O) groups excluding carboxylic acids is 1. The Bertz CT molecular complexity index is 619. The molecule has 0 aliphatic rings. The van der Waals surface area contributed by atoms with E-state index < -0.39 is 0 Å². The number of Topliss-reactive ketones (excluding diaryl/α,β-unsaturated/α-hetero) is 1.